The second-order valence-corrected chi connectivity index (χ2v) is 3.48. The molecule has 0 atom stereocenters. The highest BCUT2D eigenvalue weighted by Gasteiger charge is 2.04. The highest BCUT2D eigenvalue weighted by molar-refractivity contribution is 5.66. The number of aliphatic carboxylic acids is 1. The average Bonchev–Trinajstić information content (AvgIpc) is 2.15. The van der Waals surface area contributed by atoms with Crippen molar-refractivity contribution < 1.29 is 9.90 Å². The van der Waals surface area contributed by atoms with Crippen LogP contribution < -0.4 is 0 Å². The van der Waals surface area contributed by atoms with E-state index in [4.69, 9.17) is 5.11 Å². The Bertz CT molecular complexity index is 341. The van der Waals surface area contributed by atoms with Gasteiger partial charge in [-0.15, -0.1) is 0 Å². The zero-order chi connectivity index (χ0) is 11.3. The van der Waals surface area contributed by atoms with Gasteiger partial charge in [-0.2, -0.15) is 0 Å². The summed E-state index contributed by atoms with van der Waals surface area (Å²) >= 11 is 0. The van der Waals surface area contributed by atoms with E-state index < -0.39 is 5.97 Å². The second kappa shape index (κ2) is 5.41. The van der Waals surface area contributed by atoms with Gasteiger partial charge in [0.15, 0.2) is 0 Å². The average molecular weight is 209 g/mol. The quantitative estimate of drug-likeness (QED) is 0.773. The molecule has 0 spiro atoms. The zero-order valence-corrected chi connectivity index (χ0v) is 8.97. The van der Waals surface area contributed by atoms with Gasteiger partial charge in [0.25, 0.3) is 0 Å². The fourth-order valence-corrected chi connectivity index (χ4v) is 1.24. The molecule has 0 aliphatic carbocycles. The normalized spacial score (nSPS) is 10.6. The topological polar surface area (TPSA) is 66.3 Å². The van der Waals surface area contributed by atoms with Crippen molar-refractivity contribution in [3.8, 4) is 0 Å². The summed E-state index contributed by atoms with van der Waals surface area (Å²) in [7, 11) is 1.88. The highest BCUT2D eigenvalue weighted by atomic mass is 16.4. The maximum Gasteiger partial charge on any atom is 0.304 e. The highest BCUT2D eigenvalue weighted by Crippen LogP contribution is 2.00. The molecule has 1 heterocycles. The number of rotatable bonds is 5. The Morgan fingerprint density at radius 2 is 2.33 bits per heavy atom. The fraction of sp³-hybridized carbons (Fsp3) is 0.500. The lowest BCUT2D eigenvalue weighted by Crippen LogP contribution is -2.22. The summed E-state index contributed by atoms with van der Waals surface area (Å²) in [6.07, 6.45) is 1.86. The molecule has 0 saturated carbocycles. The van der Waals surface area contributed by atoms with Crippen molar-refractivity contribution in [2.45, 2.75) is 19.9 Å². The molecule has 1 N–H and O–H groups in total. The summed E-state index contributed by atoms with van der Waals surface area (Å²) in [5.41, 5.74) is 0.912. The third kappa shape index (κ3) is 4.51. The van der Waals surface area contributed by atoms with Crippen LogP contribution in [-0.2, 0) is 11.3 Å². The van der Waals surface area contributed by atoms with Gasteiger partial charge in [0.05, 0.1) is 12.1 Å². The molecule has 0 aliphatic rings. The molecule has 1 aromatic rings. The largest absolute Gasteiger partial charge is 0.481 e. The Hall–Kier alpha value is -1.49. The van der Waals surface area contributed by atoms with E-state index >= 15 is 0 Å². The minimum Gasteiger partial charge on any atom is -0.481 e. The third-order valence-corrected chi connectivity index (χ3v) is 1.97. The van der Waals surface area contributed by atoms with Crippen LogP contribution >= 0.6 is 0 Å². The smallest absolute Gasteiger partial charge is 0.304 e. The van der Waals surface area contributed by atoms with Crippen molar-refractivity contribution in [2.75, 3.05) is 13.6 Å². The lowest BCUT2D eigenvalue weighted by molar-refractivity contribution is -0.137. The predicted molar refractivity (Wildman–Crippen MR) is 55.4 cm³/mol. The van der Waals surface area contributed by atoms with E-state index in [1.54, 1.807) is 6.20 Å². The zero-order valence-electron chi connectivity index (χ0n) is 8.97. The van der Waals surface area contributed by atoms with Crippen LogP contribution in [0, 0.1) is 6.92 Å². The molecular formula is C10H15N3O2. The van der Waals surface area contributed by atoms with E-state index in [9.17, 15) is 4.79 Å². The number of carbonyl (C=O) groups is 1. The van der Waals surface area contributed by atoms with Crippen molar-refractivity contribution in [3.05, 3.63) is 23.8 Å². The fourth-order valence-electron chi connectivity index (χ4n) is 1.24. The molecule has 0 unspecified atom stereocenters. The summed E-state index contributed by atoms with van der Waals surface area (Å²) in [5.74, 6) is -0.0418. The summed E-state index contributed by atoms with van der Waals surface area (Å²) in [5, 5.41) is 8.52. The molecule has 0 aromatic carbocycles. The first-order valence-corrected chi connectivity index (χ1v) is 4.77. The van der Waals surface area contributed by atoms with Crippen molar-refractivity contribution in [3.63, 3.8) is 0 Å². The molecule has 15 heavy (non-hydrogen) atoms. The standard InChI is InChI=1S/C10H15N3O2/c1-8-11-5-3-9(12-8)7-13(2)6-4-10(14)15/h3,5H,4,6-7H2,1-2H3,(H,14,15). The van der Waals surface area contributed by atoms with E-state index in [1.165, 1.54) is 0 Å². The van der Waals surface area contributed by atoms with E-state index in [2.05, 4.69) is 9.97 Å². The number of aryl methyl sites for hydroxylation is 1. The first kappa shape index (κ1) is 11.6. The van der Waals surface area contributed by atoms with Gasteiger partial charge in [-0.05, 0) is 20.0 Å². The van der Waals surface area contributed by atoms with E-state index in [0.29, 0.717) is 13.1 Å². The van der Waals surface area contributed by atoms with Gasteiger partial charge >= 0.3 is 5.97 Å². The molecule has 82 valence electrons. The summed E-state index contributed by atoms with van der Waals surface area (Å²) in [4.78, 5) is 20.5. The van der Waals surface area contributed by atoms with Crippen LogP contribution in [0.4, 0.5) is 0 Å². The van der Waals surface area contributed by atoms with Crippen molar-refractivity contribution in [1.29, 1.82) is 0 Å². The van der Waals surface area contributed by atoms with Gasteiger partial charge in [0, 0.05) is 19.3 Å². The first-order valence-electron chi connectivity index (χ1n) is 4.77. The Balaban J connectivity index is 2.44. The Morgan fingerprint density at radius 3 is 2.93 bits per heavy atom. The Kier molecular flexibility index (Phi) is 4.17. The van der Waals surface area contributed by atoms with Crippen LogP contribution in [0.3, 0.4) is 0 Å². The van der Waals surface area contributed by atoms with E-state index in [-0.39, 0.29) is 6.42 Å². The molecule has 0 fully saturated rings. The van der Waals surface area contributed by atoms with Crippen LogP contribution in [0.25, 0.3) is 0 Å². The van der Waals surface area contributed by atoms with Gasteiger partial charge in [-0.3, -0.25) is 9.69 Å². The van der Waals surface area contributed by atoms with Crippen LogP contribution in [0.5, 0.6) is 0 Å². The summed E-state index contributed by atoms with van der Waals surface area (Å²) < 4.78 is 0. The van der Waals surface area contributed by atoms with Gasteiger partial charge in [0.1, 0.15) is 5.82 Å². The van der Waals surface area contributed by atoms with Crippen LogP contribution in [0.15, 0.2) is 12.3 Å². The molecule has 0 bridgehead atoms. The SMILES string of the molecule is Cc1nccc(CN(C)CCC(=O)O)n1. The second-order valence-electron chi connectivity index (χ2n) is 3.48. The molecule has 0 aliphatic heterocycles. The lowest BCUT2D eigenvalue weighted by atomic mass is 10.3. The Labute approximate surface area is 88.8 Å². The first-order chi connectivity index (χ1) is 7.08. The molecule has 1 aromatic heterocycles. The summed E-state index contributed by atoms with van der Waals surface area (Å²) in [6, 6.07) is 1.84. The Morgan fingerprint density at radius 1 is 1.60 bits per heavy atom. The van der Waals surface area contributed by atoms with Crippen LogP contribution in [-0.4, -0.2) is 39.5 Å². The molecule has 5 nitrogen and oxygen atoms in total. The van der Waals surface area contributed by atoms with Gasteiger partial charge < -0.3 is 5.11 Å². The number of hydrogen-bond donors (Lipinski definition) is 1. The molecule has 0 saturated heterocycles. The maximum atomic E-state index is 10.4. The molecule has 1 rings (SSSR count). The van der Waals surface area contributed by atoms with Crippen molar-refractivity contribution in [2.24, 2.45) is 0 Å². The molecule has 0 radical (unpaired) electrons. The van der Waals surface area contributed by atoms with Gasteiger partial charge in [0.2, 0.25) is 0 Å². The minimum absolute atomic E-state index is 0.153. The molecule has 5 heteroatoms. The molecular weight excluding hydrogens is 194 g/mol. The van der Waals surface area contributed by atoms with E-state index in [0.717, 1.165) is 11.5 Å². The number of carboxylic acids is 1. The van der Waals surface area contributed by atoms with Crippen molar-refractivity contribution >= 4 is 5.97 Å². The van der Waals surface area contributed by atoms with Gasteiger partial charge in [-0.25, -0.2) is 9.97 Å². The van der Waals surface area contributed by atoms with Crippen molar-refractivity contribution in [1.82, 2.24) is 14.9 Å². The number of carboxylic acid groups (broad SMARTS) is 1. The number of hydrogen-bond acceptors (Lipinski definition) is 4. The van der Waals surface area contributed by atoms with Crippen LogP contribution in [0.1, 0.15) is 17.9 Å². The number of aromatic nitrogens is 2. The predicted octanol–water partition coefficient (Wildman–Crippen LogP) is 0.692. The van der Waals surface area contributed by atoms with Gasteiger partial charge in [-0.1, -0.05) is 0 Å². The third-order valence-electron chi connectivity index (χ3n) is 1.97. The monoisotopic (exact) mass is 209 g/mol. The summed E-state index contributed by atoms with van der Waals surface area (Å²) in [6.45, 7) is 3.01. The number of nitrogens with zero attached hydrogens (tertiary/aromatic N) is 3. The molecule has 0 amide bonds. The minimum atomic E-state index is -0.777. The maximum absolute atomic E-state index is 10.4. The lowest BCUT2D eigenvalue weighted by Gasteiger charge is -2.14. The van der Waals surface area contributed by atoms with E-state index in [1.807, 2.05) is 24.9 Å². The van der Waals surface area contributed by atoms with Crippen LogP contribution in [0.2, 0.25) is 0 Å².